The van der Waals surface area contributed by atoms with Crippen molar-refractivity contribution in [3.8, 4) is 0 Å². The number of carbonyl (C=O) groups is 2. The molecule has 0 saturated carbocycles. The molecule has 2 aromatic rings. The van der Waals surface area contributed by atoms with Gasteiger partial charge in [0.2, 0.25) is 0 Å². The molecule has 1 aliphatic heterocycles. The number of aryl methyl sites for hydroxylation is 1. The second-order valence-electron chi connectivity index (χ2n) is 5.88. The van der Waals surface area contributed by atoms with Crippen molar-refractivity contribution in [3.05, 3.63) is 51.7 Å². The van der Waals surface area contributed by atoms with Crippen LogP contribution < -0.4 is 10.2 Å². The molecule has 2 heterocycles. The summed E-state index contributed by atoms with van der Waals surface area (Å²) in [5.74, 6) is -0.178. The summed E-state index contributed by atoms with van der Waals surface area (Å²) in [6, 6.07) is 11.5. The molecule has 1 N–H and O–H groups in total. The fourth-order valence-corrected chi connectivity index (χ4v) is 3.41. The van der Waals surface area contributed by atoms with E-state index in [9.17, 15) is 9.59 Å². The largest absolute Gasteiger partial charge is 0.353 e. The van der Waals surface area contributed by atoms with Crippen LogP contribution in [0.3, 0.4) is 0 Å². The number of anilines is 2. The van der Waals surface area contributed by atoms with Gasteiger partial charge in [-0.3, -0.25) is 9.59 Å². The summed E-state index contributed by atoms with van der Waals surface area (Å²) < 4.78 is 1.09. The summed E-state index contributed by atoms with van der Waals surface area (Å²) in [5, 5.41) is 2.72. The number of hydrogen-bond donors (Lipinski definition) is 1. The first-order valence-electron chi connectivity index (χ1n) is 8.07. The average molecular weight is 450 g/mol. The number of rotatable bonds is 2. The summed E-state index contributed by atoms with van der Waals surface area (Å²) >= 11 is 2.21. The SMILES string of the molecule is Cc1cc(I)ccc1NC(=O)C(=O)N1CCN(c2ccccn2)CC1. The zero-order valence-electron chi connectivity index (χ0n) is 13.9. The lowest BCUT2D eigenvalue weighted by molar-refractivity contribution is -0.143. The van der Waals surface area contributed by atoms with E-state index in [1.54, 1.807) is 11.1 Å². The second kappa shape index (κ2) is 7.81. The molecule has 0 unspecified atom stereocenters. The molecule has 1 saturated heterocycles. The summed E-state index contributed by atoms with van der Waals surface area (Å²) in [5.41, 5.74) is 1.61. The molecule has 130 valence electrons. The summed E-state index contributed by atoms with van der Waals surface area (Å²) in [6.45, 7) is 4.26. The maximum atomic E-state index is 12.4. The zero-order valence-corrected chi connectivity index (χ0v) is 16.1. The molecular weight excluding hydrogens is 431 g/mol. The highest BCUT2D eigenvalue weighted by Gasteiger charge is 2.26. The van der Waals surface area contributed by atoms with Crippen molar-refractivity contribution in [3.63, 3.8) is 0 Å². The van der Waals surface area contributed by atoms with Crippen molar-refractivity contribution in [1.29, 1.82) is 0 Å². The molecule has 0 radical (unpaired) electrons. The molecule has 1 aromatic heterocycles. The zero-order chi connectivity index (χ0) is 17.8. The van der Waals surface area contributed by atoms with Crippen molar-refractivity contribution >= 4 is 45.9 Å². The third-order valence-corrected chi connectivity index (χ3v) is 4.84. The van der Waals surface area contributed by atoms with Gasteiger partial charge in [-0.15, -0.1) is 0 Å². The van der Waals surface area contributed by atoms with Crippen LogP contribution in [0.5, 0.6) is 0 Å². The Morgan fingerprint density at radius 3 is 2.52 bits per heavy atom. The molecule has 0 spiro atoms. The first-order chi connectivity index (χ1) is 12.0. The number of nitrogens with one attached hydrogen (secondary N) is 1. The molecular formula is C18H19IN4O2. The molecule has 1 aromatic carbocycles. The van der Waals surface area contributed by atoms with Crippen LogP contribution >= 0.6 is 22.6 Å². The van der Waals surface area contributed by atoms with Crippen LogP contribution in [0.2, 0.25) is 0 Å². The van der Waals surface area contributed by atoms with Gasteiger partial charge in [0.05, 0.1) is 0 Å². The minimum atomic E-state index is -0.587. The Bertz CT molecular complexity index is 774. The number of carbonyl (C=O) groups excluding carboxylic acids is 2. The minimum Gasteiger partial charge on any atom is -0.353 e. The number of benzene rings is 1. The number of hydrogen-bond acceptors (Lipinski definition) is 4. The third-order valence-electron chi connectivity index (χ3n) is 4.17. The Kier molecular flexibility index (Phi) is 5.52. The van der Waals surface area contributed by atoms with Gasteiger partial charge in [0.25, 0.3) is 0 Å². The number of nitrogens with zero attached hydrogens (tertiary/aromatic N) is 3. The lowest BCUT2D eigenvalue weighted by Crippen LogP contribution is -2.51. The molecule has 0 bridgehead atoms. The number of aromatic nitrogens is 1. The van der Waals surface area contributed by atoms with Gasteiger partial charge in [-0.2, -0.15) is 0 Å². The summed E-state index contributed by atoms with van der Waals surface area (Å²) in [4.78, 5) is 32.7. The number of piperazine rings is 1. The Balaban J connectivity index is 1.57. The van der Waals surface area contributed by atoms with Gasteiger partial charge in [-0.1, -0.05) is 6.07 Å². The van der Waals surface area contributed by atoms with Crippen LogP contribution in [0.4, 0.5) is 11.5 Å². The maximum absolute atomic E-state index is 12.4. The lowest BCUT2D eigenvalue weighted by Gasteiger charge is -2.35. The molecule has 1 fully saturated rings. The fourth-order valence-electron chi connectivity index (χ4n) is 2.77. The molecule has 0 aliphatic carbocycles. The highest BCUT2D eigenvalue weighted by molar-refractivity contribution is 14.1. The number of amides is 2. The van der Waals surface area contributed by atoms with Gasteiger partial charge in [0.15, 0.2) is 0 Å². The van der Waals surface area contributed by atoms with Crippen LogP contribution in [0.25, 0.3) is 0 Å². The standard InChI is InChI=1S/C18H19IN4O2/c1-13-12-14(19)5-6-15(13)21-17(24)18(25)23-10-8-22(9-11-23)16-4-2-3-7-20-16/h2-7,12H,8-11H2,1H3,(H,21,24). The highest BCUT2D eigenvalue weighted by Crippen LogP contribution is 2.18. The average Bonchev–Trinajstić information content (AvgIpc) is 2.64. The topological polar surface area (TPSA) is 65.5 Å². The van der Waals surface area contributed by atoms with Crippen LogP contribution in [-0.4, -0.2) is 47.9 Å². The van der Waals surface area contributed by atoms with Crippen LogP contribution in [0.1, 0.15) is 5.56 Å². The second-order valence-corrected chi connectivity index (χ2v) is 7.13. The van der Waals surface area contributed by atoms with E-state index in [0.29, 0.717) is 31.9 Å². The first-order valence-corrected chi connectivity index (χ1v) is 9.15. The molecule has 25 heavy (non-hydrogen) atoms. The maximum Gasteiger partial charge on any atom is 0.313 e. The molecule has 3 rings (SSSR count). The Labute approximate surface area is 160 Å². The van der Waals surface area contributed by atoms with E-state index >= 15 is 0 Å². The van der Waals surface area contributed by atoms with Gasteiger partial charge in [-0.25, -0.2) is 4.98 Å². The highest BCUT2D eigenvalue weighted by atomic mass is 127. The van der Waals surface area contributed by atoms with Gasteiger partial charge in [0, 0.05) is 41.6 Å². The van der Waals surface area contributed by atoms with E-state index in [-0.39, 0.29) is 0 Å². The quantitative estimate of drug-likeness (QED) is 0.564. The van der Waals surface area contributed by atoms with Crippen LogP contribution in [0, 0.1) is 10.5 Å². The summed E-state index contributed by atoms with van der Waals surface area (Å²) in [7, 11) is 0. The first kappa shape index (κ1) is 17.7. The van der Waals surface area contributed by atoms with E-state index in [1.807, 2.05) is 43.3 Å². The normalized spacial score (nSPS) is 14.3. The molecule has 7 heteroatoms. The van der Waals surface area contributed by atoms with Gasteiger partial charge >= 0.3 is 11.8 Å². The van der Waals surface area contributed by atoms with E-state index < -0.39 is 11.8 Å². The monoisotopic (exact) mass is 450 g/mol. The van der Waals surface area contributed by atoms with E-state index in [1.165, 1.54) is 0 Å². The molecule has 6 nitrogen and oxygen atoms in total. The van der Waals surface area contributed by atoms with Crippen molar-refractivity contribution in [1.82, 2.24) is 9.88 Å². The minimum absolute atomic E-state index is 0.487. The van der Waals surface area contributed by atoms with Gasteiger partial charge < -0.3 is 15.1 Å². The van der Waals surface area contributed by atoms with Crippen molar-refractivity contribution in [2.45, 2.75) is 6.92 Å². The Morgan fingerprint density at radius 1 is 1.12 bits per heavy atom. The van der Waals surface area contributed by atoms with Crippen molar-refractivity contribution in [2.24, 2.45) is 0 Å². The smallest absolute Gasteiger partial charge is 0.313 e. The predicted octanol–water partition coefficient (Wildman–Crippen LogP) is 2.28. The summed E-state index contributed by atoms with van der Waals surface area (Å²) in [6.07, 6.45) is 1.75. The Hall–Kier alpha value is -2.16. The van der Waals surface area contributed by atoms with E-state index in [4.69, 9.17) is 0 Å². The molecule has 2 amide bonds. The van der Waals surface area contributed by atoms with Gasteiger partial charge in [-0.05, 0) is 65.4 Å². The van der Waals surface area contributed by atoms with Crippen molar-refractivity contribution < 1.29 is 9.59 Å². The third kappa shape index (κ3) is 4.28. The van der Waals surface area contributed by atoms with Crippen LogP contribution in [-0.2, 0) is 9.59 Å². The fraction of sp³-hybridized carbons (Fsp3) is 0.278. The van der Waals surface area contributed by atoms with Crippen LogP contribution in [0.15, 0.2) is 42.6 Å². The Morgan fingerprint density at radius 2 is 1.88 bits per heavy atom. The van der Waals surface area contributed by atoms with Crippen molar-refractivity contribution in [2.75, 3.05) is 36.4 Å². The van der Waals surface area contributed by atoms with Gasteiger partial charge in [0.1, 0.15) is 5.82 Å². The molecule has 0 atom stereocenters. The lowest BCUT2D eigenvalue weighted by atomic mass is 10.2. The van der Waals surface area contributed by atoms with E-state index in [2.05, 4.69) is 37.8 Å². The number of halogens is 1. The van der Waals surface area contributed by atoms with E-state index in [0.717, 1.165) is 15.0 Å². The molecule has 1 aliphatic rings. The predicted molar refractivity (Wildman–Crippen MR) is 106 cm³/mol. The number of pyridine rings is 1.